The smallest absolute Gasteiger partial charge is 0.161 e. The Balaban J connectivity index is 1.80. The Kier molecular flexibility index (Phi) is 4.59. The van der Waals surface area contributed by atoms with Crippen molar-refractivity contribution in [2.45, 2.75) is 12.8 Å². The van der Waals surface area contributed by atoms with E-state index in [1.165, 1.54) is 12.8 Å². The van der Waals surface area contributed by atoms with Crippen LogP contribution in [0.2, 0.25) is 0 Å². The minimum absolute atomic E-state index is 0.464. The standard InChI is InChI=1S/C14H18O4/c1-16-13-5-4-12(9-15)8-14(13)18-7-6-17-10-11-2-3-11/h4-5,8-9,11H,2-3,6-7,10H2,1H3. The molecule has 18 heavy (non-hydrogen) atoms. The molecule has 0 spiro atoms. The molecule has 0 amide bonds. The number of rotatable bonds is 8. The van der Waals surface area contributed by atoms with Crippen LogP contribution in [0.25, 0.3) is 0 Å². The maximum atomic E-state index is 10.7. The fourth-order valence-electron chi connectivity index (χ4n) is 1.62. The first-order valence-corrected chi connectivity index (χ1v) is 6.17. The van der Waals surface area contributed by atoms with Crippen molar-refractivity contribution in [2.24, 2.45) is 5.92 Å². The third kappa shape index (κ3) is 3.74. The molecule has 1 aromatic rings. The van der Waals surface area contributed by atoms with Gasteiger partial charge in [-0.2, -0.15) is 0 Å². The Hall–Kier alpha value is -1.55. The van der Waals surface area contributed by atoms with Crippen LogP contribution in [0.1, 0.15) is 23.2 Å². The Labute approximate surface area is 107 Å². The van der Waals surface area contributed by atoms with Crippen molar-refractivity contribution in [3.05, 3.63) is 23.8 Å². The highest BCUT2D eigenvalue weighted by Crippen LogP contribution is 2.29. The minimum Gasteiger partial charge on any atom is -0.493 e. The van der Waals surface area contributed by atoms with Gasteiger partial charge in [0.05, 0.1) is 13.7 Å². The van der Waals surface area contributed by atoms with Crippen molar-refractivity contribution in [3.8, 4) is 11.5 Å². The molecule has 0 N–H and O–H groups in total. The van der Waals surface area contributed by atoms with E-state index in [9.17, 15) is 4.79 Å². The van der Waals surface area contributed by atoms with Crippen molar-refractivity contribution in [1.29, 1.82) is 0 Å². The number of aldehydes is 1. The van der Waals surface area contributed by atoms with Crippen LogP contribution in [-0.4, -0.2) is 33.2 Å². The summed E-state index contributed by atoms with van der Waals surface area (Å²) in [7, 11) is 1.58. The van der Waals surface area contributed by atoms with Gasteiger partial charge in [0.25, 0.3) is 0 Å². The van der Waals surface area contributed by atoms with Crippen molar-refractivity contribution >= 4 is 6.29 Å². The van der Waals surface area contributed by atoms with Gasteiger partial charge in [0.15, 0.2) is 11.5 Å². The number of hydrogen-bond acceptors (Lipinski definition) is 4. The lowest BCUT2D eigenvalue weighted by Crippen LogP contribution is -2.09. The van der Waals surface area contributed by atoms with Gasteiger partial charge < -0.3 is 14.2 Å². The molecule has 4 heteroatoms. The normalized spacial score (nSPS) is 14.3. The van der Waals surface area contributed by atoms with E-state index >= 15 is 0 Å². The molecule has 1 aliphatic carbocycles. The van der Waals surface area contributed by atoms with E-state index in [1.54, 1.807) is 25.3 Å². The highest BCUT2D eigenvalue weighted by Gasteiger charge is 2.20. The number of ether oxygens (including phenoxy) is 3. The van der Waals surface area contributed by atoms with Crippen molar-refractivity contribution in [2.75, 3.05) is 26.9 Å². The van der Waals surface area contributed by atoms with Crippen molar-refractivity contribution in [3.63, 3.8) is 0 Å². The maximum Gasteiger partial charge on any atom is 0.161 e. The molecule has 0 bridgehead atoms. The summed E-state index contributed by atoms with van der Waals surface area (Å²) in [5.74, 6) is 1.97. The Morgan fingerprint density at radius 2 is 2.11 bits per heavy atom. The molecule has 1 saturated carbocycles. The minimum atomic E-state index is 0.464. The predicted molar refractivity (Wildman–Crippen MR) is 67.4 cm³/mol. The molecule has 0 saturated heterocycles. The molecular weight excluding hydrogens is 232 g/mol. The van der Waals surface area contributed by atoms with E-state index in [0.717, 1.165) is 18.8 Å². The van der Waals surface area contributed by atoms with Crippen LogP contribution >= 0.6 is 0 Å². The largest absolute Gasteiger partial charge is 0.493 e. The first kappa shape index (κ1) is 12.9. The van der Waals surface area contributed by atoms with Gasteiger partial charge in [-0.05, 0) is 37.0 Å². The van der Waals surface area contributed by atoms with Crippen molar-refractivity contribution in [1.82, 2.24) is 0 Å². The van der Waals surface area contributed by atoms with Gasteiger partial charge in [-0.3, -0.25) is 4.79 Å². The molecule has 0 atom stereocenters. The first-order valence-electron chi connectivity index (χ1n) is 6.17. The molecule has 1 aliphatic rings. The van der Waals surface area contributed by atoms with Gasteiger partial charge in [0, 0.05) is 12.2 Å². The maximum absolute atomic E-state index is 10.7. The summed E-state index contributed by atoms with van der Waals surface area (Å²) in [6, 6.07) is 5.10. The van der Waals surface area contributed by atoms with Crippen LogP contribution in [0.3, 0.4) is 0 Å². The first-order chi connectivity index (χ1) is 8.83. The number of carbonyl (C=O) groups excluding carboxylic acids is 1. The number of benzene rings is 1. The highest BCUT2D eigenvalue weighted by molar-refractivity contribution is 5.76. The lowest BCUT2D eigenvalue weighted by Gasteiger charge is -2.11. The van der Waals surface area contributed by atoms with Gasteiger partial charge in [0.1, 0.15) is 12.9 Å². The molecule has 0 aliphatic heterocycles. The molecular formula is C14H18O4. The van der Waals surface area contributed by atoms with Crippen LogP contribution in [0.5, 0.6) is 11.5 Å². The Bertz CT molecular complexity index is 399. The summed E-state index contributed by atoms with van der Waals surface area (Å²) in [4.78, 5) is 10.7. The SMILES string of the molecule is COc1ccc(C=O)cc1OCCOCC1CC1. The number of hydrogen-bond donors (Lipinski definition) is 0. The summed E-state index contributed by atoms with van der Waals surface area (Å²) >= 11 is 0. The quantitative estimate of drug-likeness (QED) is 0.524. The van der Waals surface area contributed by atoms with Crippen molar-refractivity contribution < 1.29 is 19.0 Å². The molecule has 1 aromatic carbocycles. The van der Waals surface area contributed by atoms with Gasteiger partial charge in [0.2, 0.25) is 0 Å². The second-order valence-electron chi connectivity index (χ2n) is 4.39. The van der Waals surface area contributed by atoms with E-state index in [4.69, 9.17) is 14.2 Å². The average molecular weight is 250 g/mol. The summed E-state index contributed by atoms with van der Waals surface area (Å²) < 4.78 is 16.2. The zero-order valence-electron chi connectivity index (χ0n) is 10.6. The van der Waals surface area contributed by atoms with Gasteiger partial charge in [-0.1, -0.05) is 0 Å². The van der Waals surface area contributed by atoms with E-state index in [2.05, 4.69) is 0 Å². The van der Waals surface area contributed by atoms with Gasteiger partial charge >= 0.3 is 0 Å². The van der Waals surface area contributed by atoms with Crippen LogP contribution in [0.15, 0.2) is 18.2 Å². The topological polar surface area (TPSA) is 44.8 Å². The Morgan fingerprint density at radius 3 is 2.78 bits per heavy atom. The van der Waals surface area contributed by atoms with Crippen LogP contribution < -0.4 is 9.47 Å². The van der Waals surface area contributed by atoms with E-state index in [1.807, 2.05) is 0 Å². The lowest BCUT2D eigenvalue weighted by atomic mass is 10.2. The molecule has 98 valence electrons. The van der Waals surface area contributed by atoms with Crippen LogP contribution in [0.4, 0.5) is 0 Å². The van der Waals surface area contributed by atoms with Gasteiger partial charge in [-0.15, -0.1) is 0 Å². The third-order valence-electron chi connectivity index (χ3n) is 2.86. The van der Waals surface area contributed by atoms with Crippen LogP contribution in [-0.2, 0) is 4.74 Å². The second-order valence-corrected chi connectivity index (χ2v) is 4.39. The third-order valence-corrected chi connectivity index (χ3v) is 2.86. The molecule has 4 nitrogen and oxygen atoms in total. The van der Waals surface area contributed by atoms with Crippen LogP contribution in [0, 0.1) is 5.92 Å². The zero-order valence-corrected chi connectivity index (χ0v) is 10.6. The molecule has 1 fully saturated rings. The van der Waals surface area contributed by atoms with E-state index in [-0.39, 0.29) is 0 Å². The summed E-state index contributed by atoms with van der Waals surface area (Å²) in [5, 5.41) is 0. The number of methoxy groups -OCH3 is 1. The number of carbonyl (C=O) groups is 1. The lowest BCUT2D eigenvalue weighted by molar-refractivity contribution is 0.0917. The monoisotopic (exact) mass is 250 g/mol. The predicted octanol–water partition coefficient (Wildman–Crippen LogP) is 2.31. The molecule has 0 aromatic heterocycles. The fraction of sp³-hybridized carbons (Fsp3) is 0.500. The molecule has 0 heterocycles. The van der Waals surface area contributed by atoms with E-state index < -0.39 is 0 Å². The highest BCUT2D eigenvalue weighted by atomic mass is 16.5. The molecule has 2 rings (SSSR count). The molecule has 0 unspecified atom stereocenters. The molecule has 0 radical (unpaired) electrons. The summed E-state index contributed by atoms with van der Waals surface area (Å²) in [6.07, 6.45) is 3.36. The summed E-state index contributed by atoms with van der Waals surface area (Å²) in [6.45, 7) is 1.85. The Morgan fingerprint density at radius 1 is 1.28 bits per heavy atom. The van der Waals surface area contributed by atoms with Gasteiger partial charge in [-0.25, -0.2) is 0 Å². The fourth-order valence-corrected chi connectivity index (χ4v) is 1.62. The average Bonchev–Trinajstić information content (AvgIpc) is 3.22. The second kappa shape index (κ2) is 6.40. The zero-order chi connectivity index (χ0) is 12.8. The van der Waals surface area contributed by atoms with E-state index in [0.29, 0.717) is 30.3 Å². The summed E-state index contributed by atoms with van der Waals surface area (Å²) in [5.41, 5.74) is 0.574.